The minimum absolute atomic E-state index is 0.120. The summed E-state index contributed by atoms with van der Waals surface area (Å²) in [5.41, 5.74) is 1.34. The van der Waals surface area contributed by atoms with Crippen molar-refractivity contribution in [3.05, 3.63) is 28.8 Å². The van der Waals surface area contributed by atoms with Crippen molar-refractivity contribution in [2.75, 3.05) is 6.61 Å². The molecule has 2 rings (SSSR count). The van der Waals surface area contributed by atoms with Gasteiger partial charge in [-0.25, -0.2) is 0 Å². The number of carbonyl (C=O) groups is 1. The lowest BCUT2D eigenvalue weighted by atomic mass is 9.79. The molecule has 1 heterocycles. The van der Waals surface area contributed by atoms with Crippen LogP contribution in [0.25, 0.3) is 0 Å². The third kappa shape index (κ3) is 6.52. The molecule has 1 amide bonds. The molecule has 1 aliphatic rings. The highest BCUT2D eigenvalue weighted by Crippen LogP contribution is 2.23. The molecule has 3 N–H and O–H groups in total. The third-order valence-electron chi connectivity index (χ3n) is 4.63. The Morgan fingerprint density at radius 1 is 1.28 bits per heavy atom. The first-order chi connectivity index (χ1) is 11.6. The van der Waals surface area contributed by atoms with Crippen molar-refractivity contribution in [1.82, 2.24) is 5.32 Å². The highest BCUT2D eigenvalue weighted by Gasteiger charge is 2.41. The lowest BCUT2D eigenvalue weighted by molar-refractivity contribution is -0.787. The molecule has 1 aliphatic heterocycles. The summed E-state index contributed by atoms with van der Waals surface area (Å²) in [6.45, 7) is 11.5. The lowest BCUT2D eigenvalue weighted by Gasteiger charge is -2.43. The molecule has 1 fully saturated rings. The summed E-state index contributed by atoms with van der Waals surface area (Å²) in [4.78, 5) is 12.3. The van der Waals surface area contributed by atoms with Crippen molar-refractivity contribution in [2.45, 2.75) is 77.4 Å². The SMILES string of the molecule is Cc1cc(Cl)ccc1OCCCC(=O)NC1CC(C)(C)[NH2+]C(C)(C)C1. The Balaban J connectivity index is 1.73. The van der Waals surface area contributed by atoms with Crippen molar-refractivity contribution in [2.24, 2.45) is 0 Å². The molecule has 4 nitrogen and oxygen atoms in total. The number of halogens is 1. The zero-order valence-corrected chi connectivity index (χ0v) is 16.9. The van der Waals surface area contributed by atoms with Crippen LogP contribution in [0.1, 0.15) is 58.9 Å². The number of piperidine rings is 1. The number of benzene rings is 1. The van der Waals surface area contributed by atoms with E-state index < -0.39 is 0 Å². The Bertz CT molecular complexity index is 598. The molecule has 0 saturated carbocycles. The van der Waals surface area contributed by atoms with Crippen molar-refractivity contribution in [3.8, 4) is 5.75 Å². The summed E-state index contributed by atoms with van der Waals surface area (Å²) in [5.74, 6) is 0.950. The van der Waals surface area contributed by atoms with Crippen LogP contribution < -0.4 is 15.4 Å². The molecule has 0 radical (unpaired) electrons. The minimum atomic E-state index is 0.120. The number of nitrogens with two attached hydrogens (primary N) is 1. The average Bonchev–Trinajstić information content (AvgIpc) is 2.41. The van der Waals surface area contributed by atoms with Crippen LogP contribution >= 0.6 is 11.6 Å². The van der Waals surface area contributed by atoms with Gasteiger partial charge < -0.3 is 15.4 Å². The van der Waals surface area contributed by atoms with Crippen LogP contribution in [0.5, 0.6) is 5.75 Å². The molecule has 1 saturated heterocycles. The van der Waals surface area contributed by atoms with Gasteiger partial charge in [0.25, 0.3) is 0 Å². The standard InChI is InChI=1S/C20H31ClN2O2/c1-14-11-15(21)8-9-17(14)25-10-6-7-18(24)22-16-12-19(2,3)23-20(4,5)13-16/h8-9,11,16,23H,6-7,10,12-13H2,1-5H3,(H,22,24)/p+1. The van der Waals surface area contributed by atoms with E-state index in [1.165, 1.54) is 0 Å². The van der Waals surface area contributed by atoms with E-state index in [1.807, 2.05) is 25.1 Å². The van der Waals surface area contributed by atoms with Crippen LogP contribution in [0, 0.1) is 6.92 Å². The summed E-state index contributed by atoms with van der Waals surface area (Å²) in [6.07, 6.45) is 3.21. The van der Waals surface area contributed by atoms with Crippen LogP contribution in [0.4, 0.5) is 0 Å². The fraction of sp³-hybridized carbons (Fsp3) is 0.650. The van der Waals surface area contributed by atoms with Gasteiger partial charge in [-0.1, -0.05) is 11.6 Å². The normalized spacial score (nSPS) is 19.4. The summed E-state index contributed by atoms with van der Waals surface area (Å²) < 4.78 is 5.75. The van der Waals surface area contributed by atoms with Gasteiger partial charge in [-0.3, -0.25) is 4.79 Å². The second-order valence-electron chi connectivity index (χ2n) is 8.66. The maximum absolute atomic E-state index is 12.3. The largest absolute Gasteiger partial charge is 0.493 e. The predicted molar refractivity (Wildman–Crippen MR) is 102 cm³/mol. The Kier molecular flexibility index (Phi) is 6.39. The van der Waals surface area contributed by atoms with E-state index in [0.717, 1.165) is 24.2 Å². The van der Waals surface area contributed by atoms with E-state index in [9.17, 15) is 4.79 Å². The van der Waals surface area contributed by atoms with Gasteiger partial charge in [0.2, 0.25) is 5.91 Å². The summed E-state index contributed by atoms with van der Waals surface area (Å²) in [7, 11) is 0. The number of aryl methyl sites for hydroxylation is 1. The maximum atomic E-state index is 12.3. The first kappa shape index (κ1) is 20.1. The van der Waals surface area contributed by atoms with Crippen LogP contribution in [-0.2, 0) is 4.79 Å². The Hall–Kier alpha value is -1.26. The van der Waals surface area contributed by atoms with Gasteiger partial charge >= 0.3 is 0 Å². The van der Waals surface area contributed by atoms with Gasteiger partial charge in [0.15, 0.2) is 0 Å². The van der Waals surface area contributed by atoms with Gasteiger partial charge in [0, 0.05) is 30.3 Å². The van der Waals surface area contributed by atoms with Crippen LogP contribution in [0.3, 0.4) is 0 Å². The van der Waals surface area contributed by atoms with E-state index in [0.29, 0.717) is 24.5 Å². The quantitative estimate of drug-likeness (QED) is 0.758. The number of hydrogen-bond acceptors (Lipinski definition) is 2. The van der Waals surface area contributed by atoms with Gasteiger partial charge in [-0.05, 0) is 64.8 Å². The van der Waals surface area contributed by atoms with E-state index in [4.69, 9.17) is 16.3 Å². The number of amides is 1. The summed E-state index contributed by atoms with van der Waals surface area (Å²) in [5, 5.41) is 6.35. The molecule has 1 aromatic carbocycles. The van der Waals surface area contributed by atoms with Crippen LogP contribution in [-0.4, -0.2) is 29.6 Å². The Morgan fingerprint density at radius 2 is 1.92 bits per heavy atom. The van der Waals surface area contributed by atoms with E-state index in [1.54, 1.807) is 0 Å². The van der Waals surface area contributed by atoms with E-state index in [-0.39, 0.29) is 23.0 Å². The van der Waals surface area contributed by atoms with E-state index in [2.05, 4.69) is 38.3 Å². The average molecular weight is 368 g/mol. The molecule has 1 aromatic rings. The lowest BCUT2D eigenvalue weighted by Crippen LogP contribution is -3.06. The van der Waals surface area contributed by atoms with Gasteiger partial charge in [0.05, 0.1) is 17.7 Å². The fourth-order valence-corrected chi connectivity index (χ4v) is 4.34. The van der Waals surface area contributed by atoms with Crippen LogP contribution in [0.2, 0.25) is 5.02 Å². The monoisotopic (exact) mass is 367 g/mol. The second-order valence-corrected chi connectivity index (χ2v) is 9.09. The zero-order chi connectivity index (χ0) is 18.7. The molecule has 25 heavy (non-hydrogen) atoms. The first-order valence-electron chi connectivity index (χ1n) is 9.12. The highest BCUT2D eigenvalue weighted by atomic mass is 35.5. The molecule has 5 heteroatoms. The predicted octanol–water partition coefficient (Wildman–Crippen LogP) is 3.21. The van der Waals surface area contributed by atoms with Crippen molar-refractivity contribution < 1.29 is 14.8 Å². The van der Waals surface area contributed by atoms with Crippen molar-refractivity contribution >= 4 is 17.5 Å². The van der Waals surface area contributed by atoms with E-state index >= 15 is 0 Å². The molecule has 140 valence electrons. The summed E-state index contributed by atoms with van der Waals surface area (Å²) in [6, 6.07) is 5.83. The molecule has 0 atom stereocenters. The minimum Gasteiger partial charge on any atom is -0.493 e. The Morgan fingerprint density at radius 3 is 2.52 bits per heavy atom. The summed E-state index contributed by atoms with van der Waals surface area (Å²) >= 11 is 5.94. The topological polar surface area (TPSA) is 54.9 Å². The van der Waals surface area contributed by atoms with Gasteiger partial charge in [-0.15, -0.1) is 0 Å². The van der Waals surface area contributed by atoms with Gasteiger partial charge in [-0.2, -0.15) is 0 Å². The first-order valence-corrected chi connectivity index (χ1v) is 9.50. The third-order valence-corrected chi connectivity index (χ3v) is 4.87. The fourth-order valence-electron chi connectivity index (χ4n) is 4.11. The maximum Gasteiger partial charge on any atom is 0.220 e. The molecule has 0 bridgehead atoms. The van der Waals surface area contributed by atoms with Crippen LogP contribution in [0.15, 0.2) is 18.2 Å². The molecule has 0 aliphatic carbocycles. The molecule has 0 aromatic heterocycles. The second kappa shape index (κ2) is 7.96. The van der Waals surface area contributed by atoms with Crippen molar-refractivity contribution in [1.29, 1.82) is 0 Å². The number of ether oxygens (including phenoxy) is 1. The van der Waals surface area contributed by atoms with Gasteiger partial charge in [0.1, 0.15) is 5.75 Å². The molecule has 0 unspecified atom stereocenters. The number of carbonyl (C=O) groups excluding carboxylic acids is 1. The number of quaternary nitrogens is 1. The molecule has 0 spiro atoms. The number of rotatable bonds is 6. The Labute approximate surface area is 156 Å². The van der Waals surface area contributed by atoms with Crippen molar-refractivity contribution in [3.63, 3.8) is 0 Å². The smallest absolute Gasteiger partial charge is 0.220 e. The molecular formula is C20H32ClN2O2+. The number of nitrogens with one attached hydrogen (secondary N) is 1. The molecular weight excluding hydrogens is 336 g/mol. The zero-order valence-electron chi connectivity index (χ0n) is 16.1. The number of hydrogen-bond donors (Lipinski definition) is 2. The highest BCUT2D eigenvalue weighted by molar-refractivity contribution is 6.30.